The number of nitriles is 1. The summed E-state index contributed by atoms with van der Waals surface area (Å²) in [5, 5.41) is 11.8. The summed E-state index contributed by atoms with van der Waals surface area (Å²) in [6.45, 7) is 1.96. The molecule has 4 nitrogen and oxygen atoms in total. The second kappa shape index (κ2) is 4.24. The van der Waals surface area contributed by atoms with Crippen LogP contribution in [0.1, 0.15) is 11.5 Å². The van der Waals surface area contributed by atoms with Crippen LogP contribution in [0.4, 0.5) is 0 Å². The number of rotatable bonds is 2. The summed E-state index contributed by atoms with van der Waals surface area (Å²) in [5.41, 5.74) is 2.88. The number of aryl methyl sites for hydroxylation is 1. The number of fused-ring (bicyclic) bond motifs is 1. The van der Waals surface area contributed by atoms with Crippen LogP contribution in [0.5, 0.6) is 0 Å². The average Bonchev–Trinajstić information content (AvgIpc) is 2.92. The van der Waals surface area contributed by atoms with Crippen LogP contribution in [0, 0.1) is 18.3 Å². The van der Waals surface area contributed by atoms with Crippen molar-refractivity contribution < 1.29 is 0 Å². The summed E-state index contributed by atoms with van der Waals surface area (Å²) in [5.74, 6) is 0.744. The van der Waals surface area contributed by atoms with E-state index in [4.69, 9.17) is 5.26 Å². The highest BCUT2D eigenvalue weighted by Crippen LogP contribution is 2.24. The van der Waals surface area contributed by atoms with Gasteiger partial charge in [-0.2, -0.15) is 5.26 Å². The molecule has 0 unspecified atom stereocenters. The van der Waals surface area contributed by atoms with Crippen LogP contribution < -0.4 is 0 Å². The zero-order valence-corrected chi connectivity index (χ0v) is 10.6. The van der Waals surface area contributed by atoms with E-state index in [0.29, 0.717) is 0 Å². The van der Waals surface area contributed by atoms with E-state index in [2.05, 4.69) is 16.0 Å². The molecule has 0 aliphatic heterocycles. The molecule has 0 spiro atoms. The van der Waals surface area contributed by atoms with Crippen molar-refractivity contribution in [1.82, 2.24) is 14.5 Å². The van der Waals surface area contributed by atoms with Crippen molar-refractivity contribution in [2.75, 3.05) is 0 Å². The van der Waals surface area contributed by atoms with Crippen LogP contribution in [0.2, 0.25) is 0 Å². The molecule has 0 radical (unpaired) electrons. The minimum Gasteiger partial charge on any atom is -0.271 e. The summed E-state index contributed by atoms with van der Waals surface area (Å²) in [7, 11) is 0. The molecule has 2 aromatic heterocycles. The van der Waals surface area contributed by atoms with Crippen molar-refractivity contribution in [2.24, 2.45) is 0 Å². The molecule has 0 N–H and O–H groups in total. The van der Waals surface area contributed by atoms with E-state index in [-0.39, 0.29) is 6.42 Å². The van der Waals surface area contributed by atoms with Gasteiger partial charge in [-0.1, -0.05) is 12.1 Å². The quantitative estimate of drug-likeness (QED) is 0.706. The second-order valence-corrected chi connectivity index (χ2v) is 4.80. The Morgan fingerprint density at radius 1 is 1.33 bits per heavy atom. The SMILES string of the molecule is Cc1csc(-n2c(CC#N)nc3ccccc32)n1. The number of thiazole rings is 1. The van der Waals surface area contributed by atoms with Crippen molar-refractivity contribution in [2.45, 2.75) is 13.3 Å². The zero-order valence-electron chi connectivity index (χ0n) is 9.79. The Balaban J connectivity index is 2.31. The van der Waals surface area contributed by atoms with Crippen LogP contribution >= 0.6 is 11.3 Å². The summed E-state index contributed by atoms with van der Waals surface area (Å²) in [4.78, 5) is 8.97. The maximum atomic E-state index is 8.90. The highest BCUT2D eigenvalue weighted by atomic mass is 32.1. The molecule has 0 amide bonds. The maximum Gasteiger partial charge on any atom is 0.195 e. The number of para-hydroxylation sites is 2. The third-order valence-corrected chi connectivity index (χ3v) is 3.61. The van der Waals surface area contributed by atoms with Gasteiger partial charge in [0.15, 0.2) is 5.13 Å². The lowest BCUT2D eigenvalue weighted by molar-refractivity contribution is 0.938. The number of imidazole rings is 1. The molecule has 0 saturated heterocycles. The normalized spacial score (nSPS) is 10.7. The van der Waals surface area contributed by atoms with E-state index in [1.165, 1.54) is 0 Å². The molecule has 0 aliphatic rings. The predicted molar refractivity (Wildman–Crippen MR) is 70.8 cm³/mol. The topological polar surface area (TPSA) is 54.5 Å². The molecule has 0 bridgehead atoms. The first-order valence-corrected chi connectivity index (χ1v) is 6.43. The number of benzene rings is 1. The Labute approximate surface area is 108 Å². The molecular weight excluding hydrogens is 244 g/mol. The van der Waals surface area contributed by atoms with Gasteiger partial charge in [0, 0.05) is 5.38 Å². The van der Waals surface area contributed by atoms with Gasteiger partial charge in [0.05, 0.1) is 29.2 Å². The fourth-order valence-corrected chi connectivity index (χ4v) is 2.76. The summed E-state index contributed by atoms with van der Waals surface area (Å²) in [6, 6.07) is 10.0. The number of hydrogen-bond acceptors (Lipinski definition) is 4. The summed E-state index contributed by atoms with van der Waals surface area (Å²) in [6.07, 6.45) is 0.285. The molecule has 18 heavy (non-hydrogen) atoms. The lowest BCUT2D eigenvalue weighted by Crippen LogP contribution is -2.00. The molecule has 1 aromatic carbocycles. The molecular formula is C13H10N4S. The van der Waals surface area contributed by atoms with Gasteiger partial charge >= 0.3 is 0 Å². The molecule has 3 rings (SSSR count). The van der Waals surface area contributed by atoms with Gasteiger partial charge in [-0.3, -0.25) is 4.57 Å². The monoisotopic (exact) mass is 254 g/mol. The highest BCUT2D eigenvalue weighted by Gasteiger charge is 2.13. The first kappa shape index (κ1) is 10.9. The first-order valence-electron chi connectivity index (χ1n) is 5.55. The van der Waals surface area contributed by atoms with Gasteiger partial charge in [0.1, 0.15) is 5.82 Å². The summed E-state index contributed by atoms with van der Waals surface area (Å²) < 4.78 is 1.97. The third-order valence-electron chi connectivity index (χ3n) is 2.67. The lowest BCUT2D eigenvalue weighted by Gasteiger charge is -2.02. The molecule has 0 atom stereocenters. The van der Waals surface area contributed by atoms with Gasteiger partial charge in [0.2, 0.25) is 0 Å². The van der Waals surface area contributed by atoms with Crippen LogP contribution in [-0.2, 0) is 6.42 Å². The van der Waals surface area contributed by atoms with Crippen LogP contribution in [0.15, 0.2) is 29.6 Å². The van der Waals surface area contributed by atoms with Gasteiger partial charge in [-0.25, -0.2) is 9.97 Å². The fraction of sp³-hybridized carbons (Fsp3) is 0.154. The lowest BCUT2D eigenvalue weighted by atomic mass is 10.3. The van der Waals surface area contributed by atoms with E-state index >= 15 is 0 Å². The Morgan fingerprint density at radius 3 is 2.89 bits per heavy atom. The molecule has 88 valence electrons. The molecule has 3 aromatic rings. The van der Waals surface area contributed by atoms with Crippen molar-refractivity contribution in [3.8, 4) is 11.2 Å². The summed E-state index contributed by atoms with van der Waals surface area (Å²) >= 11 is 1.56. The van der Waals surface area contributed by atoms with Gasteiger partial charge in [-0.15, -0.1) is 11.3 Å². The smallest absolute Gasteiger partial charge is 0.195 e. The minimum atomic E-state index is 0.285. The minimum absolute atomic E-state index is 0.285. The Bertz CT molecular complexity index is 748. The highest BCUT2D eigenvalue weighted by molar-refractivity contribution is 7.12. The number of hydrogen-bond donors (Lipinski definition) is 0. The van der Waals surface area contributed by atoms with Crippen LogP contribution in [0.3, 0.4) is 0 Å². The standard InChI is InChI=1S/C13H10N4S/c1-9-8-18-13(15-9)17-11-5-3-2-4-10(11)16-12(17)6-7-14/h2-5,8H,6H2,1H3. The Kier molecular flexibility index (Phi) is 2.58. The van der Waals surface area contributed by atoms with Crippen molar-refractivity contribution in [3.63, 3.8) is 0 Å². The maximum absolute atomic E-state index is 8.90. The van der Waals surface area contributed by atoms with E-state index in [0.717, 1.165) is 27.7 Å². The second-order valence-electron chi connectivity index (χ2n) is 3.96. The van der Waals surface area contributed by atoms with E-state index in [1.807, 2.05) is 41.1 Å². The molecule has 0 aliphatic carbocycles. The number of nitrogens with zero attached hydrogens (tertiary/aromatic N) is 4. The third kappa shape index (κ3) is 1.67. The predicted octanol–water partition coefficient (Wildman–Crippen LogP) is 2.86. The van der Waals surface area contributed by atoms with E-state index < -0.39 is 0 Å². The molecule has 2 heterocycles. The van der Waals surface area contributed by atoms with Crippen molar-refractivity contribution in [1.29, 1.82) is 5.26 Å². The number of aromatic nitrogens is 3. The van der Waals surface area contributed by atoms with E-state index in [1.54, 1.807) is 11.3 Å². The van der Waals surface area contributed by atoms with Crippen molar-refractivity contribution >= 4 is 22.4 Å². The first-order chi connectivity index (χ1) is 8.79. The Hall–Kier alpha value is -2.19. The largest absolute Gasteiger partial charge is 0.271 e. The molecule has 0 fully saturated rings. The molecule has 0 saturated carbocycles. The van der Waals surface area contributed by atoms with E-state index in [9.17, 15) is 0 Å². The van der Waals surface area contributed by atoms with Gasteiger partial charge in [0.25, 0.3) is 0 Å². The molecule has 5 heteroatoms. The van der Waals surface area contributed by atoms with Crippen LogP contribution in [0.25, 0.3) is 16.2 Å². The Morgan fingerprint density at radius 2 is 2.17 bits per heavy atom. The van der Waals surface area contributed by atoms with Gasteiger partial charge < -0.3 is 0 Å². The zero-order chi connectivity index (χ0) is 12.5. The fourth-order valence-electron chi connectivity index (χ4n) is 1.92. The average molecular weight is 254 g/mol. The van der Waals surface area contributed by atoms with Crippen molar-refractivity contribution in [3.05, 3.63) is 41.2 Å². The van der Waals surface area contributed by atoms with Crippen LogP contribution in [-0.4, -0.2) is 14.5 Å². The van der Waals surface area contributed by atoms with Gasteiger partial charge in [-0.05, 0) is 19.1 Å².